The van der Waals surface area contributed by atoms with Crippen molar-refractivity contribution in [2.24, 2.45) is 0 Å². The Kier molecular flexibility index (Phi) is 6.41. The van der Waals surface area contributed by atoms with Gasteiger partial charge in [-0.2, -0.15) is 0 Å². The van der Waals surface area contributed by atoms with E-state index < -0.39 is 0 Å². The first-order chi connectivity index (χ1) is 9.10. The average molecular weight is 268 g/mol. The van der Waals surface area contributed by atoms with Crippen molar-refractivity contribution in [1.82, 2.24) is 5.32 Å². The Hall–Kier alpha value is -1.50. The number of nitro groups is 1. The molecule has 0 aliphatic carbocycles. The molecule has 0 aromatic heterocycles. The van der Waals surface area contributed by atoms with E-state index in [0.29, 0.717) is 18.7 Å². The molecule has 106 valence electrons. The fourth-order valence-electron chi connectivity index (χ4n) is 1.83. The fraction of sp³-hybridized carbons (Fsp3) is 0.538. The van der Waals surface area contributed by atoms with E-state index in [9.17, 15) is 10.1 Å². The minimum Gasteiger partial charge on any atom is -0.382 e. The first kappa shape index (κ1) is 15.6. The molecule has 0 saturated heterocycles. The number of nitrogens with one attached hydrogen (secondary N) is 1. The minimum absolute atomic E-state index is 0.0739. The van der Waals surface area contributed by atoms with Crippen molar-refractivity contribution in [2.75, 3.05) is 27.4 Å². The number of rotatable bonds is 8. The second-order valence-corrected chi connectivity index (χ2v) is 4.26. The van der Waals surface area contributed by atoms with Crippen LogP contribution in [0.4, 0.5) is 5.69 Å². The molecule has 0 saturated carbocycles. The Bertz CT molecular complexity index is 411. The van der Waals surface area contributed by atoms with Gasteiger partial charge in [-0.1, -0.05) is 18.2 Å². The lowest BCUT2D eigenvalue weighted by Gasteiger charge is -2.19. The lowest BCUT2D eigenvalue weighted by atomic mass is 10.1. The molecular weight excluding hydrogens is 248 g/mol. The highest BCUT2D eigenvalue weighted by Gasteiger charge is 2.18. The first-order valence-electron chi connectivity index (χ1n) is 6.08. The number of nitrogens with zero attached hydrogens (tertiary/aromatic N) is 1. The second-order valence-electron chi connectivity index (χ2n) is 4.26. The van der Waals surface area contributed by atoms with Gasteiger partial charge in [0.15, 0.2) is 0 Å². The van der Waals surface area contributed by atoms with Crippen molar-refractivity contribution in [3.05, 3.63) is 39.9 Å². The van der Waals surface area contributed by atoms with E-state index in [4.69, 9.17) is 9.47 Å². The molecule has 2 atom stereocenters. The Morgan fingerprint density at radius 3 is 2.63 bits per heavy atom. The normalized spacial score (nSPS) is 14.1. The second kappa shape index (κ2) is 7.83. The number of benzene rings is 1. The summed E-state index contributed by atoms with van der Waals surface area (Å²) >= 11 is 0. The van der Waals surface area contributed by atoms with Gasteiger partial charge in [-0.25, -0.2) is 0 Å². The molecule has 0 spiro atoms. The molecule has 1 aromatic carbocycles. The zero-order valence-electron chi connectivity index (χ0n) is 11.5. The van der Waals surface area contributed by atoms with Crippen LogP contribution in [0, 0.1) is 10.1 Å². The molecule has 0 aliphatic heterocycles. The van der Waals surface area contributed by atoms with Gasteiger partial charge in [0.1, 0.15) is 0 Å². The lowest BCUT2D eigenvalue weighted by molar-refractivity contribution is -0.385. The van der Waals surface area contributed by atoms with E-state index in [1.807, 2.05) is 6.92 Å². The van der Waals surface area contributed by atoms with Crippen LogP contribution in [0.5, 0.6) is 0 Å². The number of hydrogen-bond donors (Lipinski definition) is 1. The number of methoxy groups -OCH3 is 2. The molecule has 0 radical (unpaired) electrons. The Labute approximate surface area is 112 Å². The summed E-state index contributed by atoms with van der Waals surface area (Å²) in [5.41, 5.74) is 0.794. The van der Waals surface area contributed by atoms with Crippen LogP contribution in [0.3, 0.4) is 0 Å². The van der Waals surface area contributed by atoms with Crippen molar-refractivity contribution in [3.8, 4) is 0 Å². The molecule has 0 aliphatic rings. The van der Waals surface area contributed by atoms with Crippen LogP contribution in [0.1, 0.15) is 18.5 Å². The summed E-state index contributed by atoms with van der Waals surface area (Å²) in [4.78, 5) is 10.6. The quantitative estimate of drug-likeness (QED) is 0.576. The van der Waals surface area contributed by atoms with Crippen LogP contribution in [-0.4, -0.2) is 38.4 Å². The van der Waals surface area contributed by atoms with Gasteiger partial charge in [0.05, 0.1) is 17.6 Å². The van der Waals surface area contributed by atoms with Crippen LogP contribution in [0.2, 0.25) is 0 Å². The summed E-state index contributed by atoms with van der Waals surface area (Å²) in [5, 5.41) is 14.2. The smallest absolute Gasteiger partial charge is 0.274 e. The number of nitro benzene ring substituents is 1. The van der Waals surface area contributed by atoms with E-state index in [1.54, 1.807) is 32.4 Å². The predicted octanol–water partition coefficient (Wildman–Crippen LogP) is 1.91. The van der Waals surface area contributed by atoms with Crippen LogP contribution in [0.25, 0.3) is 0 Å². The largest absolute Gasteiger partial charge is 0.382 e. The van der Waals surface area contributed by atoms with Crippen LogP contribution >= 0.6 is 0 Å². The SMILES string of the molecule is COCC(CNC(C)c1ccccc1[N+](=O)[O-])OC. The molecule has 19 heavy (non-hydrogen) atoms. The molecule has 1 N–H and O–H groups in total. The van der Waals surface area contributed by atoms with Crippen molar-refractivity contribution in [2.45, 2.75) is 19.1 Å². The van der Waals surface area contributed by atoms with Gasteiger partial charge in [0.25, 0.3) is 5.69 Å². The molecule has 0 amide bonds. The van der Waals surface area contributed by atoms with Crippen LogP contribution < -0.4 is 5.32 Å². The maximum atomic E-state index is 11.0. The van der Waals surface area contributed by atoms with Gasteiger partial charge in [0.2, 0.25) is 0 Å². The monoisotopic (exact) mass is 268 g/mol. The van der Waals surface area contributed by atoms with Crippen LogP contribution in [-0.2, 0) is 9.47 Å². The van der Waals surface area contributed by atoms with Crippen molar-refractivity contribution in [1.29, 1.82) is 0 Å². The Morgan fingerprint density at radius 2 is 2.05 bits per heavy atom. The molecule has 0 bridgehead atoms. The standard InChI is InChI=1S/C13H20N2O4/c1-10(14-8-11(19-3)9-18-2)12-6-4-5-7-13(12)15(16)17/h4-7,10-11,14H,8-9H2,1-3H3. The third-order valence-electron chi connectivity index (χ3n) is 2.94. The van der Waals surface area contributed by atoms with Gasteiger partial charge in [-0.3, -0.25) is 10.1 Å². The zero-order valence-corrected chi connectivity index (χ0v) is 11.5. The van der Waals surface area contributed by atoms with Crippen molar-refractivity contribution < 1.29 is 14.4 Å². The van der Waals surface area contributed by atoms with E-state index in [1.165, 1.54) is 6.07 Å². The van der Waals surface area contributed by atoms with Gasteiger partial charge >= 0.3 is 0 Å². The molecule has 0 fully saturated rings. The maximum Gasteiger partial charge on any atom is 0.274 e. The third-order valence-corrected chi connectivity index (χ3v) is 2.94. The number of para-hydroxylation sites is 1. The average Bonchev–Trinajstić information content (AvgIpc) is 2.43. The summed E-state index contributed by atoms with van der Waals surface area (Å²) in [6.07, 6.45) is -0.0739. The molecule has 6 nitrogen and oxygen atoms in total. The summed E-state index contributed by atoms with van der Waals surface area (Å²) in [7, 11) is 3.22. The molecule has 1 aromatic rings. The Morgan fingerprint density at radius 1 is 1.37 bits per heavy atom. The van der Waals surface area contributed by atoms with Crippen molar-refractivity contribution in [3.63, 3.8) is 0 Å². The summed E-state index contributed by atoms with van der Waals surface area (Å²) in [6, 6.07) is 6.60. The van der Waals surface area contributed by atoms with Gasteiger partial charge in [-0.15, -0.1) is 0 Å². The highest BCUT2D eigenvalue weighted by molar-refractivity contribution is 5.41. The highest BCUT2D eigenvalue weighted by atomic mass is 16.6. The summed E-state index contributed by atoms with van der Waals surface area (Å²) < 4.78 is 10.3. The number of ether oxygens (including phenoxy) is 2. The van der Waals surface area contributed by atoms with E-state index in [0.717, 1.165) is 0 Å². The topological polar surface area (TPSA) is 73.6 Å². The minimum atomic E-state index is -0.365. The Balaban J connectivity index is 2.67. The third kappa shape index (κ3) is 4.59. The molecule has 0 heterocycles. The molecule has 2 unspecified atom stereocenters. The van der Waals surface area contributed by atoms with Crippen molar-refractivity contribution >= 4 is 5.69 Å². The van der Waals surface area contributed by atoms with Crippen LogP contribution in [0.15, 0.2) is 24.3 Å². The molecular formula is C13H20N2O4. The van der Waals surface area contributed by atoms with Gasteiger partial charge in [0, 0.05) is 38.4 Å². The first-order valence-corrected chi connectivity index (χ1v) is 6.08. The maximum absolute atomic E-state index is 11.0. The fourth-order valence-corrected chi connectivity index (χ4v) is 1.83. The highest BCUT2D eigenvalue weighted by Crippen LogP contribution is 2.24. The van der Waals surface area contributed by atoms with E-state index in [2.05, 4.69) is 5.32 Å². The van der Waals surface area contributed by atoms with Gasteiger partial charge < -0.3 is 14.8 Å². The predicted molar refractivity (Wildman–Crippen MR) is 72.2 cm³/mol. The summed E-state index contributed by atoms with van der Waals surface area (Å²) in [6.45, 7) is 2.94. The lowest BCUT2D eigenvalue weighted by Crippen LogP contribution is -2.33. The van der Waals surface area contributed by atoms with E-state index in [-0.39, 0.29) is 22.8 Å². The molecule has 6 heteroatoms. The van der Waals surface area contributed by atoms with E-state index >= 15 is 0 Å². The summed E-state index contributed by atoms with van der Waals surface area (Å²) in [5.74, 6) is 0. The zero-order chi connectivity index (χ0) is 14.3. The number of hydrogen-bond acceptors (Lipinski definition) is 5. The van der Waals surface area contributed by atoms with Gasteiger partial charge in [-0.05, 0) is 6.92 Å². The molecule has 1 rings (SSSR count).